The van der Waals surface area contributed by atoms with E-state index < -0.39 is 12.6 Å². The lowest BCUT2D eigenvalue weighted by atomic mass is 9.99. The first-order valence-electron chi connectivity index (χ1n) is 4.79. The summed E-state index contributed by atoms with van der Waals surface area (Å²) in [5.74, 6) is 0.231. The second kappa shape index (κ2) is 6.82. The standard InChI is InChI=1S/C7H15NO.C3H5F3/c1-6(9)5-7(2,3)8-4;1-2-3(4,5)6/h8H,5H2,1-4H3;2H2,1H3. The summed E-state index contributed by atoms with van der Waals surface area (Å²) in [5.41, 5.74) is -0.0359. The van der Waals surface area contributed by atoms with Gasteiger partial charge < -0.3 is 5.32 Å². The van der Waals surface area contributed by atoms with Gasteiger partial charge >= 0.3 is 6.18 Å². The molecule has 0 aliphatic heterocycles. The molecular weight excluding hydrogens is 207 g/mol. The Balaban J connectivity index is 0. The molecule has 0 spiro atoms. The summed E-state index contributed by atoms with van der Waals surface area (Å²) >= 11 is 0. The smallest absolute Gasteiger partial charge is 0.314 e. The lowest BCUT2D eigenvalue weighted by Gasteiger charge is -2.21. The molecule has 0 fully saturated rings. The van der Waals surface area contributed by atoms with Crippen LogP contribution >= 0.6 is 0 Å². The average molecular weight is 227 g/mol. The van der Waals surface area contributed by atoms with Crippen molar-refractivity contribution in [3.05, 3.63) is 0 Å². The van der Waals surface area contributed by atoms with Crippen LogP contribution in [0.25, 0.3) is 0 Å². The van der Waals surface area contributed by atoms with E-state index in [1.165, 1.54) is 0 Å². The van der Waals surface area contributed by atoms with Gasteiger partial charge in [0.05, 0.1) is 0 Å². The highest BCUT2D eigenvalue weighted by Crippen LogP contribution is 2.17. The van der Waals surface area contributed by atoms with E-state index in [1.54, 1.807) is 6.92 Å². The Morgan fingerprint density at radius 2 is 1.60 bits per heavy atom. The lowest BCUT2D eigenvalue weighted by Crippen LogP contribution is -2.37. The first-order valence-corrected chi connectivity index (χ1v) is 4.79. The van der Waals surface area contributed by atoms with Gasteiger partial charge in [0.15, 0.2) is 0 Å². The molecule has 92 valence electrons. The van der Waals surface area contributed by atoms with Gasteiger partial charge in [-0.2, -0.15) is 13.2 Å². The van der Waals surface area contributed by atoms with Gasteiger partial charge in [0.2, 0.25) is 0 Å². The summed E-state index contributed by atoms with van der Waals surface area (Å²) in [6, 6.07) is 0. The van der Waals surface area contributed by atoms with E-state index in [-0.39, 0.29) is 11.3 Å². The van der Waals surface area contributed by atoms with Gasteiger partial charge in [-0.1, -0.05) is 6.92 Å². The van der Waals surface area contributed by atoms with Crippen LogP contribution in [-0.2, 0) is 4.79 Å². The third-order valence-electron chi connectivity index (χ3n) is 1.77. The minimum atomic E-state index is -3.96. The Morgan fingerprint density at radius 1 is 1.27 bits per heavy atom. The van der Waals surface area contributed by atoms with Gasteiger partial charge in [-0.25, -0.2) is 0 Å². The fourth-order valence-electron chi connectivity index (χ4n) is 0.711. The second-order valence-electron chi connectivity index (χ2n) is 3.98. The molecule has 0 unspecified atom stereocenters. The maximum Gasteiger partial charge on any atom is 0.388 e. The van der Waals surface area contributed by atoms with Crippen LogP contribution in [0.5, 0.6) is 0 Å². The van der Waals surface area contributed by atoms with Crippen molar-refractivity contribution in [2.24, 2.45) is 0 Å². The van der Waals surface area contributed by atoms with Crippen LogP contribution < -0.4 is 5.32 Å². The van der Waals surface area contributed by atoms with Crippen LogP contribution in [0.3, 0.4) is 0 Å². The predicted octanol–water partition coefficient (Wildman–Crippen LogP) is 2.92. The molecule has 5 heteroatoms. The summed E-state index contributed by atoms with van der Waals surface area (Å²) in [7, 11) is 1.86. The van der Waals surface area contributed by atoms with E-state index in [0.717, 1.165) is 6.92 Å². The highest BCUT2D eigenvalue weighted by atomic mass is 19.4. The number of hydrogen-bond donors (Lipinski definition) is 1. The fourth-order valence-corrected chi connectivity index (χ4v) is 0.711. The minimum Gasteiger partial charge on any atom is -0.314 e. The molecule has 0 radical (unpaired) electrons. The van der Waals surface area contributed by atoms with Crippen molar-refractivity contribution < 1.29 is 18.0 Å². The van der Waals surface area contributed by atoms with E-state index >= 15 is 0 Å². The average Bonchev–Trinajstić information content (AvgIpc) is 2.02. The Labute approximate surface area is 89.2 Å². The zero-order valence-corrected chi connectivity index (χ0v) is 9.96. The number of alkyl halides is 3. The zero-order chi connectivity index (χ0) is 12.7. The molecule has 0 saturated carbocycles. The van der Waals surface area contributed by atoms with Crippen molar-refractivity contribution >= 4 is 5.78 Å². The zero-order valence-electron chi connectivity index (χ0n) is 9.96. The first-order chi connectivity index (χ1) is 6.54. The third kappa shape index (κ3) is 16.1. The molecule has 0 aromatic rings. The molecule has 2 nitrogen and oxygen atoms in total. The Hall–Kier alpha value is -0.580. The number of nitrogens with one attached hydrogen (secondary N) is 1. The van der Waals surface area contributed by atoms with Crippen LogP contribution in [0.15, 0.2) is 0 Å². The quantitative estimate of drug-likeness (QED) is 0.803. The molecule has 0 aromatic heterocycles. The third-order valence-corrected chi connectivity index (χ3v) is 1.77. The lowest BCUT2D eigenvalue weighted by molar-refractivity contribution is -0.130. The summed E-state index contributed by atoms with van der Waals surface area (Å²) in [4.78, 5) is 10.6. The number of rotatable bonds is 3. The van der Waals surface area contributed by atoms with Gasteiger partial charge in [-0.05, 0) is 27.8 Å². The van der Waals surface area contributed by atoms with E-state index in [0.29, 0.717) is 6.42 Å². The normalized spacial score (nSPS) is 11.7. The SMILES string of the molecule is CCC(F)(F)F.CNC(C)(C)CC(C)=O. The molecule has 0 aliphatic rings. The fraction of sp³-hybridized carbons (Fsp3) is 0.900. The van der Waals surface area contributed by atoms with E-state index in [1.807, 2.05) is 20.9 Å². The molecule has 0 aliphatic carbocycles. The van der Waals surface area contributed by atoms with Gasteiger partial charge in [0.1, 0.15) is 5.78 Å². The topological polar surface area (TPSA) is 29.1 Å². The molecule has 0 aromatic carbocycles. The molecular formula is C10H20F3NO. The molecule has 0 saturated heterocycles. The van der Waals surface area contributed by atoms with Crippen LogP contribution in [0.2, 0.25) is 0 Å². The second-order valence-corrected chi connectivity index (χ2v) is 3.98. The Bertz CT molecular complexity index is 188. The molecule has 0 heterocycles. The molecule has 0 atom stereocenters. The van der Waals surface area contributed by atoms with Crippen LogP contribution in [0, 0.1) is 0 Å². The first kappa shape index (κ1) is 16.8. The maximum atomic E-state index is 10.8. The van der Waals surface area contributed by atoms with Crippen molar-refractivity contribution in [1.82, 2.24) is 5.32 Å². The predicted molar refractivity (Wildman–Crippen MR) is 54.8 cm³/mol. The minimum absolute atomic E-state index is 0.0359. The molecule has 15 heavy (non-hydrogen) atoms. The monoisotopic (exact) mass is 227 g/mol. The van der Waals surface area contributed by atoms with Crippen LogP contribution in [0.1, 0.15) is 40.5 Å². The molecule has 0 bridgehead atoms. The molecule has 1 N–H and O–H groups in total. The summed E-state index contributed by atoms with van der Waals surface area (Å²) in [5, 5.41) is 3.05. The maximum absolute atomic E-state index is 10.8. The summed E-state index contributed by atoms with van der Waals surface area (Å²) < 4.78 is 32.4. The van der Waals surface area contributed by atoms with E-state index in [4.69, 9.17) is 0 Å². The van der Waals surface area contributed by atoms with E-state index in [9.17, 15) is 18.0 Å². The largest absolute Gasteiger partial charge is 0.388 e. The Kier molecular flexibility index (Phi) is 7.66. The summed E-state index contributed by atoms with van der Waals surface area (Å²) in [6.45, 7) is 6.71. The highest BCUT2D eigenvalue weighted by Gasteiger charge is 2.22. The number of hydrogen-bond acceptors (Lipinski definition) is 2. The number of ketones is 1. The van der Waals surface area contributed by atoms with Crippen molar-refractivity contribution in [2.45, 2.75) is 52.3 Å². The van der Waals surface area contributed by atoms with Gasteiger partial charge in [-0.15, -0.1) is 0 Å². The van der Waals surface area contributed by atoms with Gasteiger partial charge in [0.25, 0.3) is 0 Å². The van der Waals surface area contributed by atoms with Crippen molar-refractivity contribution in [3.63, 3.8) is 0 Å². The number of Topliss-reactive ketones (excluding diaryl/α,β-unsaturated/α-hetero) is 1. The molecule has 0 amide bonds. The summed E-state index contributed by atoms with van der Waals surface area (Å²) in [6.07, 6.45) is -4.09. The van der Waals surface area contributed by atoms with Gasteiger partial charge in [-0.3, -0.25) is 4.79 Å². The van der Waals surface area contributed by atoms with Crippen LogP contribution in [0.4, 0.5) is 13.2 Å². The van der Waals surface area contributed by atoms with Crippen molar-refractivity contribution in [3.8, 4) is 0 Å². The number of carbonyl (C=O) groups excluding carboxylic acids is 1. The van der Waals surface area contributed by atoms with E-state index in [2.05, 4.69) is 5.32 Å². The Morgan fingerprint density at radius 3 is 1.67 bits per heavy atom. The van der Waals surface area contributed by atoms with Crippen molar-refractivity contribution in [2.75, 3.05) is 7.05 Å². The van der Waals surface area contributed by atoms with Crippen LogP contribution in [-0.4, -0.2) is 24.5 Å². The highest BCUT2D eigenvalue weighted by molar-refractivity contribution is 5.76. The molecule has 0 rings (SSSR count). The number of carbonyl (C=O) groups is 1. The van der Waals surface area contributed by atoms with Gasteiger partial charge in [0, 0.05) is 18.4 Å². The van der Waals surface area contributed by atoms with Crippen molar-refractivity contribution in [1.29, 1.82) is 0 Å². The number of halogens is 3.